The van der Waals surface area contributed by atoms with Crippen molar-refractivity contribution >= 4 is 84.6 Å². The van der Waals surface area contributed by atoms with Crippen molar-refractivity contribution in [2.75, 3.05) is 58.5 Å². The first kappa shape index (κ1) is 61.4. The average Bonchev–Trinajstić information content (AvgIpc) is 4.15. The number of aliphatic hydroxyl groups is 6. The van der Waals surface area contributed by atoms with Gasteiger partial charge in [-0.25, -0.2) is 24.9 Å². The first-order valence-electron chi connectivity index (χ1n) is 25.6. The zero-order valence-electron chi connectivity index (χ0n) is 45.7. The number of hydrogen-bond acceptors (Lipinski definition) is 18. The van der Waals surface area contributed by atoms with Crippen LogP contribution in [0.25, 0.3) is 33.5 Å². The highest BCUT2D eigenvalue weighted by Gasteiger charge is 2.48. The number of aromatic amines is 3. The van der Waals surface area contributed by atoms with E-state index in [1.165, 1.54) is 4.57 Å². The molecule has 3 aliphatic rings. The van der Waals surface area contributed by atoms with Crippen LogP contribution in [0.15, 0.2) is 14.4 Å². The number of H-pyrrole nitrogens is 3. The second-order valence-electron chi connectivity index (χ2n) is 22.5. The molecule has 0 saturated carbocycles. The molecule has 0 radical (unpaired) electrons. The van der Waals surface area contributed by atoms with Crippen LogP contribution in [0.5, 0.6) is 0 Å². The third-order valence-corrected chi connectivity index (χ3v) is 18.3. The number of imidazole rings is 3. The molecule has 0 spiro atoms. The van der Waals surface area contributed by atoms with Gasteiger partial charge in [0.2, 0.25) is 5.28 Å². The van der Waals surface area contributed by atoms with Crippen molar-refractivity contribution in [3.63, 3.8) is 0 Å². The van der Waals surface area contributed by atoms with E-state index in [4.69, 9.17) is 25.8 Å². The highest BCUT2D eigenvalue weighted by molar-refractivity contribution is 7.72. The van der Waals surface area contributed by atoms with Gasteiger partial charge < -0.3 is 59.8 Å². The molecule has 0 aliphatic carbocycles. The minimum Gasteiger partial charge on any atom is -0.388 e. The van der Waals surface area contributed by atoms with E-state index in [9.17, 15) is 49.4 Å². The summed E-state index contributed by atoms with van der Waals surface area (Å²) in [7, 11) is 0. The number of hydrogen-bond donors (Lipinski definition) is 9. The standard InChI is InChI=1S/C19H31N4O4P.C15H22ClN4O4P.C15H22FN4O4P/c1-6-7-8-13-22-14-17(20-11(2)21-18(14)26)23(13)19-16(25)15(24)12(27-19)9-10-28(3,4)5;2*1-7-17-12-9(13(23)18-7)19-15(16)20(12)14-11(22)10(21)8(24-14)5-6-25(2,3)4/h12,15-16,19,24-25H,3,6-10H2,1-2,4-5H3,(H,20,21,26);2*8,10-11,14,21-22H,2,5-6H2,1,3-4H3,(H,17,18,23)/t12-,15-,16-,19-;2*8-,10-,11-,14-/m111/s1. The van der Waals surface area contributed by atoms with Crippen molar-refractivity contribution < 1.29 is 49.2 Å². The number of aryl methyl sites for hydroxylation is 4. The molecule has 3 saturated heterocycles. The Bertz CT molecular complexity index is 3330. The largest absolute Gasteiger partial charge is 0.388 e. The maximum atomic E-state index is 14.4. The molecule has 9 N–H and O–H groups in total. The monoisotopic (exact) mass is 1170 g/mol. The molecule has 3 fully saturated rings. The van der Waals surface area contributed by atoms with Crippen molar-refractivity contribution in [3.05, 3.63) is 65.7 Å². The molecule has 9 heterocycles. The Kier molecular flexibility index (Phi) is 19.0. The second kappa shape index (κ2) is 24.1. The summed E-state index contributed by atoms with van der Waals surface area (Å²) < 4.78 is 36.0. The molecule has 12 atom stereocenters. The topological polar surface area (TPSA) is 340 Å². The molecular weight excluding hydrogens is 1100 g/mol. The van der Waals surface area contributed by atoms with Gasteiger partial charge in [0.05, 0.1) is 18.3 Å². The predicted molar refractivity (Wildman–Crippen MR) is 306 cm³/mol. The minimum atomic E-state index is -1.36. The maximum Gasteiger partial charge on any atom is 0.293 e. The molecule has 0 amide bonds. The summed E-state index contributed by atoms with van der Waals surface area (Å²) in [4.78, 5) is 68.8. The summed E-state index contributed by atoms with van der Waals surface area (Å²) in [6, 6.07) is 0. The Balaban J connectivity index is 0.000000170. The van der Waals surface area contributed by atoms with E-state index >= 15 is 0 Å². The number of rotatable bonds is 15. The third-order valence-electron chi connectivity index (χ3n) is 13.6. The van der Waals surface area contributed by atoms with Crippen LogP contribution in [-0.4, -0.2) is 222 Å². The summed E-state index contributed by atoms with van der Waals surface area (Å²) in [6.45, 7) is 15.7. The van der Waals surface area contributed by atoms with E-state index < -0.39 is 111 Å². The average molecular weight is 1170 g/mol. The summed E-state index contributed by atoms with van der Waals surface area (Å²) >= 11 is 6.16. The SMILES string of the molecule is C=P(C)(C)CC[C@H]1O[C@@H](n2c(CCCC)nc3c(=O)[nH]c(C)nc32)[C@H](O)[C@@H]1O.C=P(C)(C)CC[C@H]1O[C@@H](n2c(Cl)nc3c(=O)[nH]c(C)nc32)[C@H](O)[C@@H]1O.C=P(C)(C)CC[C@H]1O[C@@H](n2c(F)nc3c(=O)[nH]c(C)nc32)[C@H](O)[C@@H]1O. The number of aliphatic hydroxyl groups excluding tert-OH is 6. The highest BCUT2D eigenvalue weighted by atomic mass is 35.5. The van der Waals surface area contributed by atoms with Gasteiger partial charge in [-0.15, -0.1) is 39.6 Å². The van der Waals surface area contributed by atoms with Gasteiger partial charge in [0.15, 0.2) is 52.2 Å². The fraction of sp³-hybridized carbons (Fsp3) is 0.633. The molecule has 3 aliphatic heterocycles. The molecule has 9 rings (SSSR count). The molecule has 78 heavy (non-hydrogen) atoms. The number of aromatic nitrogens is 12. The van der Waals surface area contributed by atoms with Gasteiger partial charge >= 0.3 is 0 Å². The van der Waals surface area contributed by atoms with Crippen LogP contribution in [0, 0.1) is 26.8 Å². The van der Waals surface area contributed by atoms with Crippen LogP contribution >= 0.6 is 32.3 Å². The van der Waals surface area contributed by atoms with Crippen molar-refractivity contribution in [3.8, 4) is 0 Å². The Labute approximate surface area is 454 Å². The van der Waals surface area contributed by atoms with Gasteiger partial charge in [0.25, 0.3) is 22.8 Å². The summed E-state index contributed by atoms with van der Waals surface area (Å²) in [5.41, 5.74) is -0.619. The zero-order valence-corrected chi connectivity index (χ0v) is 49.1. The minimum absolute atomic E-state index is 0.0272. The van der Waals surface area contributed by atoms with Gasteiger partial charge in [0, 0.05) is 6.42 Å². The Morgan fingerprint density at radius 2 is 0.872 bits per heavy atom. The van der Waals surface area contributed by atoms with Crippen LogP contribution in [0.1, 0.15) is 81.0 Å². The van der Waals surface area contributed by atoms with Crippen molar-refractivity contribution in [1.29, 1.82) is 0 Å². The molecule has 6 aromatic heterocycles. The first-order chi connectivity index (χ1) is 36.3. The lowest BCUT2D eigenvalue weighted by Gasteiger charge is -2.20. The van der Waals surface area contributed by atoms with Crippen molar-refractivity contribution in [2.45, 2.75) is 140 Å². The van der Waals surface area contributed by atoms with E-state index in [0.29, 0.717) is 48.8 Å². The normalized spacial score (nSPS) is 26.7. The summed E-state index contributed by atoms with van der Waals surface area (Å²) in [6.07, 6.45) is 6.51. The van der Waals surface area contributed by atoms with E-state index in [0.717, 1.165) is 35.9 Å². The molecule has 0 bridgehead atoms. The summed E-state index contributed by atoms with van der Waals surface area (Å²) in [5, 5.41) is 62.7. The molecule has 24 nitrogen and oxygen atoms in total. The van der Waals surface area contributed by atoms with Gasteiger partial charge in [-0.3, -0.25) is 28.1 Å². The molecular formula is C49H75ClFN12O12P3. The smallest absolute Gasteiger partial charge is 0.293 e. The molecule has 6 aromatic rings. The number of nitrogens with zero attached hydrogens (tertiary/aromatic N) is 9. The Hall–Kier alpha value is -4.19. The fourth-order valence-electron chi connectivity index (χ4n) is 9.48. The van der Waals surface area contributed by atoms with E-state index in [2.05, 4.69) is 111 Å². The van der Waals surface area contributed by atoms with Gasteiger partial charge in [-0.2, -0.15) is 9.37 Å². The number of unbranched alkanes of at least 4 members (excludes halogenated alkanes) is 1. The number of nitrogens with one attached hydrogen (secondary N) is 3. The predicted octanol–water partition coefficient (Wildman–Crippen LogP) is 2.57. The quantitative estimate of drug-likeness (QED) is 0.0527. The Morgan fingerprint density at radius 1 is 0.538 bits per heavy atom. The van der Waals surface area contributed by atoms with Crippen LogP contribution in [0.2, 0.25) is 5.28 Å². The van der Waals surface area contributed by atoms with E-state index in [-0.39, 0.29) is 44.5 Å². The number of halogens is 2. The second-order valence-corrected chi connectivity index (χ2v) is 35.8. The van der Waals surface area contributed by atoms with Gasteiger partial charge in [-0.1, -0.05) is 13.3 Å². The lowest BCUT2D eigenvalue weighted by molar-refractivity contribution is -0.0413. The molecule has 0 aromatic carbocycles. The first-order valence-corrected chi connectivity index (χ1v) is 35.2. The Morgan fingerprint density at radius 3 is 1.26 bits per heavy atom. The van der Waals surface area contributed by atoms with Crippen LogP contribution in [0.4, 0.5) is 4.39 Å². The van der Waals surface area contributed by atoms with Crippen molar-refractivity contribution in [1.82, 2.24) is 58.6 Å². The lowest BCUT2D eigenvalue weighted by Crippen LogP contribution is -2.32. The fourth-order valence-corrected chi connectivity index (χ4v) is 12.6. The van der Waals surface area contributed by atoms with Crippen LogP contribution in [0.3, 0.4) is 0 Å². The maximum absolute atomic E-state index is 14.4. The van der Waals surface area contributed by atoms with Crippen LogP contribution in [-0.2, 0) is 20.6 Å². The highest BCUT2D eigenvalue weighted by Crippen LogP contribution is 2.43. The van der Waals surface area contributed by atoms with E-state index in [1.807, 2.05) is 0 Å². The number of ether oxygens (including phenoxy) is 3. The van der Waals surface area contributed by atoms with Gasteiger partial charge in [0.1, 0.15) is 59.9 Å². The zero-order chi connectivity index (χ0) is 57.7. The van der Waals surface area contributed by atoms with E-state index in [1.54, 1.807) is 25.3 Å². The third kappa shape index (κ3) is 13.8. The summed E-state index contributed by atoms with van der Waals surface area (Å²) in [5.74, 6) is 1.78. The molecule has 0 unspecified atom stereocenters. The van der Waals surface area contributed by atoms with Gasteiger partial charge in [-0.05, 0) is 117 Å². The van der Waals surface area contributed by atoms with Crippen molar-refractivity contribution in [2.24, 2.45) is 0 Å². The lowest BCUT2D eigenvalue weighted by atomic mass is 10.1. The molecule has 432 valence electrons. The number of fused-ring (bicyclic) bond motifs is 3. The molecule has 29 heteroatoms. The van der Waals surface area contributed by atoms with Crippen LogP contribution < -0.4 is 16.7 Å².